The summed E-state index contributed by atoms with van der Waals surface area (Å²) in [5.41, 5.74) is 6.16. The second-order valence-corrected chi connectivity index (χ2v) is 21.7. The van der Waals surface area contributed by atoms with Crippen molar-refractivity contribution in [1.82, 2.24) is 4.98 Å². The van der Waals surface area contributed by atoms with Crippen LogP contribution in [0.2, 0.25) is 17.3 Å². The fourth-order valence-corrected chi connectivity index (χ4v) is 7.35. The SMILES string of the molecule is CC(=O)/C=C(/C)O.Cc1c[c]([Ge]([CH3])([CH3])[CH3])ccc1-c1ccc2c(-c3[c-]c4ccccc4c(C#N)c3)nccc2c1.[Ir]. The first-order chi connectivity index (χ1) is 19.0. The second kappa shape index (κ2) is 13.4. The van der Waals surface area contributed by atoms with Gasteiger partial charge in [-0.1, -0.05) is 23.6 Å². The first kappa shape index (κ1) is 32.0. The quantitative estimate of drug-likeness (QED) is 0.0864. The van der Waals surface area contributed by atoms with Crippen molar-refractivity contribution in [3.8, 4) is 28.5 Å². The number of aliphatic hydroxyl groups is 1. The maximum atomic E-state index is 10.0. The normalized spacial score (nSPS) is 11.3. The van der Waals surface area contributed by atoms with Gasteiger partial charge < -0.3 is 5.11 Å². The number of ketones is 1. The maximum Gasteiger partial charge on any atom is 0 e. The van der Waals surface area contributed by atoms with E-state index in [4.69, 9.17) is 5.11 Å². The van der Waals surface area contributed by atoms with Gasteiger partial charge in [0.15, 0.2) is 5.78 Å². The Morgan fingerprint density at radius 1 is 0.976 bits per heavy atom. The first-order valence-corrected chi connectivity index (χ1v) is 20.6. The number of carbonyl (C=O) groups is 1. The fourth-order valence-electron chi connectivity index (χ4n) is 4.76. The molecule has 0 unspecified atom stereocenters. The van der Waals surface area contributed by atoms with Crippen LogP contribution in [-0.4, -0.2) is 29.1 Å². The largest absolute Gasteiger partial charge is 0 e. The molecule has 0 atom stereocenters. The van der Waals surface area contributed by atoms with Crippen LogP contribution in [-0.2, 0) is 24.9 Å². The average molecular weight is 778 g/mol. The Kier molecular flexibility index (Phi) is 10.4. The van der Waals surface area contributed by atoms with Crippen LogP contribution in [0.25, 0.3) is 43.9 Å². The molecule has 4 aromatic carbocycles. The summed E-state index contributed by atoms with van der Waals surface area (Å²) in [6.45, 7) is 5.06. The molecule has 5 rings (SSSR count). The van der Waals surface area contributed by atoms with Crippen molar-refractivity contribution in [2.45, 2.75) is 38.0 Å². The number of rotatable bonds is 4. The van der Waals surface area contributed by atoms with Crippen LogP contribution in [0.1, 0.15) is 25.0 Å². The van der Waals surface area contributed by atoms with Gasteiger partial charge in [0.1, 0.15) is 0 Å². The predicted molar refractivity (Wildman–Crippen MR) is 168 cm³/mol. The number of allylic oxidation sites excluding steroid dienone is 2. The summed E-state index contributed by atoms with van der Waals surface area (Å²) in [7, 11) is 0. The molecular weight excluding hydrogens is 745 g/mol. The minimum absolute atomic E-state index is 0. The van der Waals surface area contributed by atoms with Crippen molar-refractivity contribution in [3.05, 3.63) is 108 Å². The van der Waals surface area contributed by atoms with E-state index in [1.54, 1.807) is 0 Å². The zero-order valence-corrected chi connectivity index (χ0v) is 28.7. The average Bonchev–Trinajstić information content (AvgIpc) is 2.90. The third-order valence-corrected chi connectivity index (χ3v) is 11.0. The van der Waals surface area contributed by atoms with Crippen molar-refractivity contribution in [2.75, 3.05) is 0 Å². The Bertz CT molecular complexity index is 1810. The van der Waals surface area contributed by atoms with Crippen LogP contribution in [0.4, 0.5) is 0 Å². The van der Waals surface area contributed by atoms with E-state index in [2.05, 4.69) is 83.8 Å². The van der Waals surface area contributed by atoms with E-state index in [-0.39, 0.29) is 31.6 Å². The maximum absolute atomic E-state index is 10.0. The molecule has 0 saturated carbocycles. The molecule has 1 heterocycles. The number of carbonyl (C=O) groups excluding carboxylic acids is 1. The summed E-state index contributed by atoms with van der Waals surface area (Å²) >= 11 is -1.85. The molecule has 0 aliphatic heterocycles. The van der Waals surface area contributed by atoms with Crippen molar-refractivity contribution >= 4 is 45.0 Å². The van der Waals surface area contributed by atoms with Crippen molar-refractivity contribution in [2.24, 2.45) is 0 Å². The predicted octanol–water partition coefficient (Wildman–Crippen LogP) is 8.28. The van der Waals surface area contributed by atoms with Crippen LogP contribution in [0, 0.1) is 24.3 Å². The number of aromatic nitrogens is 1. The number of nitrogens with zero attached hydrogens (tertiary/aromatic N) is 2. The number of pyridine rings is 1. The van der Waals surface area contributed by atoms with E-state index in [0.29, 0.717) is 5.56 Å². The second-order valence-electron chi connectivity index (χ2n) is 11.0. The Morgan fingerprint density at radius 2 is 1.71 bits per heavy atom. The zero-order chi connectivity index (χ0) is 29.0. The van der Waals surface area contributed by atoms with Gasteiger partial charge in [-0.05, 0) is 13.8 Å². The van der Waals surface area contributed by atoms with Gasteiger partial charge in [-0.15, -0.1) is 6.07 Å². The third kappa shape index (κ3) is 7.60. The molecule has 1 N–H and O–H groups in total. The molecule has 0 spiro atoms. The summed E-state index contributed by atoms with van der Waals surface area (Å²) in [5, 5.41) is 22.1. The Hall–Kier alpha value is -3.56. The number of benzene rings is 4. The van der Waals surface area contributed by atoms with Gasteiger partial charge in [0.05, 0.1) is 11.8 Å². The summed E-state index contributed by atoms with van der Waals surface area (Å²) in [5.74, 6) is 7.23. The number of hydrogen-bond donors (Lipinski definition) is 1. The molecule has 0 bridgehead atoms. The molecule has 5 aromatic rings. The van der Waals surface area contributed by atoms with Gasteiger partial charge in [0.2, 0.25) is 0 Å². The monoisotopic (exact) mass is 780 g/mol. The van der Waals surface area contributed by atoms with E-state index in [9.17, 15) is 10.1 Å². The Balaban J connectivity index is 0.000000516. The fraction of sp³-hybridized carbons (Fsp3) is 0.171. The summed E-state index contributed by atoms with van der Waals surface area (Å²) in [6, 6.07) is 31.2. The van der Waals surface area contributed by atoms with Gasteiger partial charge in [0, 0.05) is 26.2 Å². The molecule has 209 valence electrons. The van der Waals surface area contributed by atoms with Gasteiger partial charge >= 0.3 is 157 Å². The van der Waals surface area contributed by atoms with Crippen molar-refractivity contribution < 1.29 is 30.0 Å². The molecule has 0 amide bonds. The molecule has 0 aliphatic carbocycles. The van der Waals surface area contributed by atoms with Crippen LogP contribution in [0.3, 0.4) is 0 Å². The standard InChI is InChI=1S/C30H25GeN2.C5H8O2.Ir/c1-20-15-26(31(2,3)4)10-12-27(20)22-9-11-29-23(16-22)13-14-33-30(29)24-17-21-7-5-6-8-28(21)25(18-24)19-32;1-4(6)3-5(2)7;/h5-16,18H,1-4H3;3,6H,1-2H3;/q-1;;/b;4-3-;. The summed E-state index contributed by atoms with van der Waals surface area (Å²) < 4.78 is 1.53. The molecule has 1 radical (unpaired) electrons. The number of aliphatic hydroxyl groups excluding tert-OH is 1. The van der Waals surface area contributed by atoms with E-state index in [0.717, 1.165) is 32.8 Å². The molecule has 4 nitrogen and oxygen atoms in total. The van der Waals surface area contributed by atoms with E-state index < -0.39 is 13.3 Å². The van der Waals surface area contributed by atoms with E-state index in [1.165, 1.54) is 41.0 Å². The van der Waals surface area contributed by atoms with Crippen LogP contribution < -0.4 is 4.40 Å². The molecule has 0 saturated heterocycles. The number of hydrogen-bond acceptors (Lipinski definition) is 4. The minimum Gasteiger partial charge on any atom is 0 e. The number of fused-ring (bicyclic) bond motifs is 2. The number of aryl methyl sites for hydroxylation is 1. The van der Waals surface area contributed by atoms with Crippen molar-refractivity contribution in [1.29, 1.82) is 5.26 Å². The van der Waals surface area contributed by atoms with Gasteiger partial charge in [-0.25, -0.2) is 0 Å². The molecular formula is C35H33GeIrN2O2-. The van der Waals surface area contributed by atoms with E-state index >= 15 is 0 Å². The van der Waals surface area contributed by atoms with Crippen LogP contribution in [0.5, 0.6) is 0 Å². The zero-order valence-electron chi connectivity index (χ0n) is 24.2. The third-order valence-electron chi connectivity index (χ3n) is 6.73. The van der Waals surface area contributed by atoms with Crippen LogP contribution in [0.15, 0.2) is 90.8 Å². The number of nitriles is 1. The smallest absolute Gasteiger partial charge is 0 e. The first-order valence-electron chi connectivity index (χ1n) is 13.2. The molecule has 6 heteroatoms. The Morgan fingerprint density at radius 3 is 2.32 bits per heavy atom. The molecule has 0 aliphatic rings. The topological polar surface area (TPSA) is 74.0 Å². The summed E-state index contributed by atoms with van der Waals surface area (Å²) in [6.07, 6.45) is 3.01. The molecule has 1 aromatic heterocycles. The Labute approximate surface area is 258 Å². The molecule has 41 heavy (non-hydrogen) atoms. The summed E-state index contributed by atoms with van der Waals surface area (Å²) in [4.78, 5) is 14.7. The van der Waals surface area contributed by atoms with Crippen LogP contribution >= 0.6 is 0 Å². The molecule has 0 fully saturated rings. The van der Waals surface area contributed by atoms with Gasteiger partial charge in [0.25, 0.3) is 0 Å². The van der Waals surface area contributed by atoms with Gasteiger partial charge in [-0.3, -0.25) is 4.79 Å². The minimum atomic E-state index is -1.85. The van der Waals surface area contributed by atoms with Crippen molar-refractivity contribution in [3.63, 3.8) is 0 Å². The van der Waals surface area contributed by atoms with Gasteiger partial charge in [-0.2, -0.15) is 5.26 Å². The van der Waals surface area contributed by atoms with E-state index in [1.807, 2.05) is 36.5 Å².